The molecule has 1 aliphatic carbocycles. The SMILES string of the molecule is CC1C(Br)CCCN1C(=O)C1CC1(C)C. The van der Waals surface area contributed by atoms with Crippen molar-refractivity contribution in [3.05, 3.63) is 0 Å². The molecular formula is C12H20BrNO. The van der Waals surface area contributed by atoms with E-state index in [9.17, 15) is 4.79 Å². The third-order valence-corrected chi connectivity index (χ3v) is 5.21. The Bertz CT molecular complexity index is 277. The van der Waals surface area contributed by atoms with Crippen LogP contribution >= 0.6 is 15.9 Å². The van der Waals surface area contributed by atoms with Crippen LogP contribution in [0.4, 0.5) is 0 Å². The summed E-state index contributed by atoms with van der Waals surface area (Å²) in [5.74, 6) is 0.675. The van der Waals surface area contributed by atoms with Crippen LogP contribution in [0.3, 0.4) is 0 Å². The number of carbonyl (C=O) groups is 1. The summed E-state index contributed by atoms with van der Waals surface area (Å²) in [6.45, 7) is 7.49. The maximum absolute atomic E-state index is 12.2. The van der Waals surface area contributed by atoms with E-state index in [1.807, 2.05) is 0 Å². The fraction of sp³-hybridized carbons (Fsp3) is 0.917. The van der Waals surface area contributed by atoms with Crippen LogP contribution in [0.25, 0.3) is 0 Å². The average molecular weight is 274 g/mol. The summed E-state index contributed by atoms with van der Waals surface area (Å²) in [7, 11) is 0. The standard InChI is InChI=1S/C12H20BrNO/c1-8-10(13)5-4-6-14(8)11(15)9-7-12(9,2)3/h8-10H,4-7H2,1-3H3. The first kappa shape index (κ1) is 11.4. The van der Waals surface area contributed by atoms with Crippen molar-refractivity contribution >= 4 is 21.8 Å². The first-order chi connectivity index (χ1) is 6.93. The third kappa shape index (κ3) is 2.08. The molecule has 0 radical (unpaired) electrons. The zero-order valence-electron chi connectivity index (χ0n) is 9.79. The van der Waals surface area contributed by atoms with E-state index in [0.29, 0.717) is 16.8 Å². The maximum Gasteiger partial charge on any atom is 0.226 e. The monoisotopic (exact) mass is 273 g/mol. The van der Waals surface area contributed by atoms with E-state index in [0.717, 1.165) is 19.4 Å². The quantitative estimate of drug-likeness (QED) is 0.673. The highest BCUT2D eigenvalue weighted by molar-refractivity contribution is 9.09. The minimum Gasteiger partial charge on any atom is -0.339 e. The molecule has 2 aliphatic rings. The second-order valence-electron chi connectivity index (χ2n) is 5.68. The minimum absolute atomic E-state index is 0.260. The van der Waals surface area contributed by atoms with Crippen LogP contribution in [0, 0.1) is 11.3 Å². The first-order valence-electron chi connectivity index (χ1n) is 5.88. The van der Waals surface area contributed by atoms with Gasteiger partial charge in [-0.25, -0.2) is 0 Å². The highest BCUT2D eigenvalue weighted by Crippen LogP contribution is 2.52. The molecule has 3 unspecified atom stereocenters. The van der Waals surface area contributed by atoms with Gasteiger partial charge in [0.25, 0.3) is 0 Å². The summed E-state index contributed by atoms with van der Waals surface area (Å²) in [6, 6.07) is 0.364. The van der Waals surface area contributed by atoms with Crippen LogP contribution in [0.5, 0.6) is 0 Å². The van der Waals surface area contributed by atoms with Crippen LogP contribution in [-0.2, 0) is 4.79 Å². The molecule has 1 saturated heterocycles. The smallest absolute Gasteiger partial charge is 0.226 e. The van der Waals surface area contributed by atoms with E-state index in [2.05, 4.69) is 41.6 Å². The molecule has 0 aromatic heterocycles. The Kier molecular flexibility index (Phi) is 2.87. The number of alkyl halides is 1. The maximum atomic E-state index is 12.2. The van der Waals surface area contributed by atoms with Crippen molar-refractivity contribution in [3.63, 3.8) is 0 Å². The molecule has 3 atom stereocenters. The fourth-order valence-electron chi connectivity index (χ4n) is 2.50. The third-order valence-electron chi connectivity index (χ3n) is 3.99. The lowest BCUT2D eigenvalue weighted by molar-refractivity contribution is -0.136. The highest BCUT2D eigenvalue weighted by atomic mass is 79.9. The van der Waals surface area contributed by atoms with Crippen molar-refractivity contribution in [2.24, 2.45) is 11.3 Å². The molecule has 2 rings (SSSR count). The number of likely N-dealkylation sites (tertiary alicyclic amines) is 1. The Hall–Kier alpha value is -0.0500. The molecule has 3 heteroatoms. The van der Waals surface area contributed by atoms with E-state index in [1.165, 1.54) is 6.42 Å². The van der Waals surface area contributed by atoms with Crippen molar-refractivity contribution in [1.29, 1.82) is 0 Å². The van der Waals surface area contributed by atoms with Crippen molar-refractivity contribution in [3.8, 4) is 0 Å². The van der Waals surface area contributed by atoms with E-state index < -0.39 is 0 Å². The van der Waals surface area contributed by atoms with Crippen LogP contribution < -0.4 is 0 Å². The van der Waals surface area contributed by atoms with Gasteiger partial charge in [0.05, 0.1) is 0 Å². The van der Waals surface area contributed by atoms with Gasteiger partial charge in [-0.05, 0) is 31.6 Å². The molecule has 0 bridgehead atoms. The van der Waals surface area contributed by atoms with Crippen LogP contribution in [0.2, 0.25) is 0 Å². The summed E-state index contributed by atoms with van der Waals surface area (Å²) in [4.78, 5) is 14.8. The molecule has 86 valence electrons. The Morgan fingerprint density at radius 1 is 1.47 bits per heavy atom. The fourth-order valence-corrected chi connectivity index (χ4v) is 3.11. The molecule has 1 saturated carbocycles. The molecule has 2 fully saturated rings. The Morgan fingerprint density at radius 2 is 2.07 bits per heavy atom. The zero-order chi connectivity index (χ0) is 11.2. The summed E-state index contributed by atoms with van der Waals surface area (Å²) in [5, 5.41) is 0. The average Bonchev–Trinajstić information content (AvgIpc) is 2.79. The van der Waals surface area contributed by atoms with Gasteiger partial charge in [0.2, 0.25) is 5.91 Å². The number of piperidine rings is 1. The van der Waals surface area contributed by atoms with Crippen molar-refractivity contribution < 1.29 is 4.79 Å². The van der Waals surface area contributed by atoms with Gasteiger partial charge in [-0.15, -0.1) is 0 Å². The zero-order valence-corrected chi connectivity index (χ0v) is 11.4. The minimum atomic E-state index is 0.260. The number of nitrogens with zero attached hydrogens (tertiary/aromatic N) is 1. The van der Waals surface area contributed by atoms with Gasteiger partial charge < -0.3 is 4.90 Å². The molecule has 0 aromatic rings. The number of carbonyl (C=O) groups excluding carboxylic acids is 1. The predicted octanol–water partition coefficient (Wildman–Crippen LogP) is 2.81. The molecule has 0 N–H and O–H groups in total. The van der Waals surface area contributed by atoms with E-state index in [-0.39, 0.29) is 11.3 Å². The highest BCUT2D eigenvalue weighted by Gasteiger charge is 2.52. The molecule has 2 nitrogen and oxygen atoms in total. The van der Waals surface area contributed by atoms with Gasteiger partial charge in [-0.1, -0.05) is 29.8 Å². The van der Waals surface area contributed by atoms with E-state index in [4.69, 9.17) is 0 Å². The second-order valence-corrected chi connectivity index (χ2v) is 6.85. The Morgan fingerprint density at radius 3 is 2.60 bits per heavy atom. The van der Waals surface area contributed by atoms with Gasteiger partial charge in [0.1, 0.15) is 0 Å². The normalized spacial score (nSPS) is 38.9. The molecule has 1 aliphatic heterocycles. The van der Waals surface area contributed by atoms with Gasteiger partial charge in [-0.3, -0.25) is 4.79 Å². The van der Waals surface area contributed by atoms with Gasteiger partial charge in [0.15, 0.2) is 0 Å². The van der Waals surface area contributed by atoms with E-state index >= 15 is 0 Å². The lowest BCUT2D eigenvalue weighted by Gasteiger charge is -2.37. The van der Waals surface area contributed by atoms with E-state index in [1.54, 1.807) is 0 Å². The van der Waals surface area contributed by atoms with Crippen molar-refractivity contribution in [2.45, 2.75) is 50.9 Å². The topological polar surface area (TPSA) is 20.3 Å². The number of halogens is 1. The number of amides is 1. The number of hydrogen-bond acceptors (Lipinski definition) is 1. The van der Waals surface area contributed by atoms with Crippen molar-refractivity contribution in [1.82, 2.24) is 4.90 Å². The van der Waals surface area contributed by atoms with Gasteiger partial charge >= 0.3 is 0 Å². The van der Waals surface area contributed by atoms with Crippen LogP contribution in [0.15, 0.2) is 0 Å². The van der Waals surface area contributed by atoms with Crippen LogP contribution in [-0.4, -0.2) is 28.2 Å². The molecule has 1 heterocycles. The molecule has 15 heavy (non-hydrogen) atoms. The summed E-state index contributed by atoms with van der Waals surface area (Å²) >= 11 is 3.67. The Labute approximate surface area is 101 Å². The largest absolute Gasteiger partial charge is 0.339 e. The van der Waals surface area contributed by atoms with Gasteiger partial charge in [-0.2, -0.15) is 0 Å². The number of rotatable bonds is 1. The van der Waals surface area contributed by atoms with Crippen LogP contribution in [0.1, 0.15) is 40.0 Å². The lowest BCUT2D eigenvalue weighted by Crippen LogP contribution is -2.48. The van der Waals surface area contributed by atoms with Crippen molar-refractivity contribution in [2.75, 3.05) is 6.54 Å². The summed E-state index contributed by atoms with van der Waals surface area (Å²) in [6.07, 6.45) is 3.40. The summed E-state index contributed by atoms with van der Waals surface area (Å²) in [5.41, 5.74) is 0.260. The summed E-state index contributed by atoms with van der Waals surface area (Å²) < 4.78 is 0. The molecular weight excluding hydrogens is 254 g/mol. The molecule has 0 aromatic carbocycles. The number of hydrogen-bond donors (Lipinski definition) is 0. The lowest BCUT2D eigenvalue weighted by atomic mass is 10.0. The first-order valence-corrected chi connectivity index (χ1v) is 6.79. The second kappa shape index (κ2) is 3.76. The Balaban J connectivity index is 2.01. The molecule has 0 spiro atoms. The van der Waals surface area contributed by atoms with Gasteiger partial charge in [0, 0.05) is 23.3 Å². The predicted molar refractivity (Wildman–Crippen MR) is 65.0 cm³/mol. The molecule has 1 amide bonds.